The minimum absolute atomic E-state index is 0.110. The van der Waals surface area contributed by atoms with Crippen molar-refractivity contribution in [1.29, 1.82) is 5.26 Å². The lowest BCUT2D eigenvalue weighted by Crippen LogP contribution is -2.25. The molecular weight excluding hydrogens is 271 g/mol. The standard InChI is InChI=1S/C16H19FN2O2/c1-2-3-4-5-7-12-11-19(16(20)21-12)15-9-6-8-14(17)13(15)10-18/h6,8-9,12H,2-5,7,11H2,1H3. The number of ether oxygens (including phenoxy) is 1. The van der Waals surface area contributed by atoms with Gasteiger partial charge in [-0.25, -0.2) is 9.18 Å². The molecule has 1 heterocycles. The number of halogens is 1. The maximum absolute atomic E-state index is 13.6. The van der Waals surface area contributed by atoms with E-state index in [-0.39, 0.29) is 11.7 Å². The molecule has 0 bridgehead atoms. The molecule has 1 saturated heterocycles. The van der Waals surface area contributed by atoms with Gasteiger partial charge in [0.1, 0.15) is 23.6 Å². The SMILES string of the molecule is CCCCCCC1CN(c2cccc(F)c2C#N)C(=O)O1. The number of benzene rings is 1. The summed E-state index contributed by atoms with van der Waals surface area (Å²) in [5.74, 6) is -0.616. The van der Waals surface area contributed by atoms with Crippen LogP contribution in [0.3, 0.4) is 0 Å². The largest absolute Gasteiger partial charge is 0.444 e. The molecule has 0 aromatic heterocycles. The molecule has 1 atom stereocenters. The first-order chi connectivity index (χ1) is 10.2. The van der Waals surface area contributed by atoms with Crippen LogP contribution >= 0.6 is 0 Å². The van der Waals surface area contributed by atoms with Crippen LogP contribution in [0.4, 0.5) is 14.9 Å². The van der Waals surface area contributed by atoms with Crippen molar-refractivity contribution < 1.29 is 13.9 Å². The molecule has 112 valence electrons. The highest BCUT2D eigenvalue weighted by Gasteiger charge is 2.33. The normalized spacial score (nSPS) is 17.7. The van der Waals surface area contributed by atoms with Gasteiger partial charge in [-0.15, -0.1) is 0 Å². The van der Waals surface area contributed by atoms with Gasteiger partial charge in [-0.1, -0.05) is 32.3 Å². The fraction of sp³-hybridized carbons (Fsp3) is 0.500. The molecule has 1 aliphatic heterocycles. The van der Waals surface area contributed by atoms with Gasteiger partial charge in [0.2, 0.25) is 0 Å². The van der Waals surface area contributed by atoms with Gasteiger partial charge in [0, 0.05) is 0 Å². The Morgan fingerprint density at radius 1 is 1.43 bits per heavy atom. The van der Waals surface area contributed by atoms with Crippen LogP contribution in [0.2, 0.25) is 0 Å². The van der Waals surface area contributed by atoms with Crippen molar-refractivity contribution in [3.63, 3.8) is 0 Å². The first-order valence-electron chi connectivity index (χ1n) is 7.34. The molecule has 0 spiro atoms. The van der Waals surface area contributed by atoms with E-state index in [1.54, 1.807) is 6.07 Å². The number of hydrogen-bond acceptors (Lipinski definition) is 3. The van der Waals surface area contributed by atoms with Crippen LogP contribution in [0.5, 0.6) is 0 Å². The third kappa shape index (κ3) is 3.52. The third-order valence-corrected chi connectivity index (χ3v) is 3.65. The Balaban J connectivity index is 2.04. The zero-order valence-electron chi connectivity index (χ0n) is 12.1. The van der Waals surface area contributed by atoms with E-state index in [4.69, 9.17) is 10.00 Å². The number of carbonyl (C=O) groups is 1. The number of nitriles is 1. The molecule has 2 rings (SSSR count). The zero-order valence-corrected chi connectivity index (χ0v) is 12.1. The minimum atomic E-state index is -0.616. The fourth-order valence-electron chi connectivity index (χ4n) is 2.52. The highest BCUT2D eigenvalue weighted by molar-refractivity contribution is 5.91. The van der Waals surface area contributed by atoms with Gasteiger partial charge in [0.25, 0.3) is 0 Å². The third-order valence-electron chi connectivity index (χ3n) is 3.65. The molecule has 0 N–H and O–H groups in total. The Morgan fingerprint density at radius 2 is 2.24 bits per heavy atom. The molecule has 0 aliphatic carbocycles. The molecule has 21 heavy (non-hydrogen) atoms. The molecular formula is C16H19FN2O2. The second-order valence-electron chi connectivity index (χ2n) is 5.21. The second kappa shape index (κ2) is 7.07. The predicted octanol–water partition coefficient (Wildman–Crippen LogP) is 3.99. The summed E-state index contributed by atoms with van der Waals surface area (Å²) >= 11 is 0. The molecule has 1 aromatic rings. The van der Waals surface area contributed by atoms with Crippen LogP contribution in [0.25, 0.3) is 0 Å². The number of rotatable bonds is 6. The van der Waals surface area contributed by atoms with E-state index in [0.29, 0.717) is 12.2 Å². The van der Waals surface area contributed by atoms with E-state index in [1.807, 2.05) is 6.07 Å². The Labute approximate surface area is 124 Å². The Kier molecular flexibility index (Phi) is 5.15. The summed E-state index contributed by atoms with van der Waals surface area (Å²) in [7, 11) is 0. The van der Waals surface area contributed by atoms with Crippen molar-refractivity contribution in [2.24, 2.45) is 0 Å². The van der Waals surface area contributed by atoms with E-state index in [9.17, 15) is 9.18 Å². The van der Waals surface area contributed by atoms with Crippen molar-refractivity contribution in [2.45, 2.75) is 45.1 Å². The van der Waals surface area contributed by atoms with Crippen LogP contribution in [0.15, 0.2) is 18.2 Å². The van der Waals surface area contributed by atoms with Crippen LogP contribution in [-0.4, -0.2) is 18.7 Å². The van der Waals surface area contributed by atoms with Crippen LogP contribution in [-0.2, 0) is 4.74 Å². The molecule has 1 aliphatic rings. The topological polar surface area (TPSA) is 53.3 Å². The second-order valence-corrected chi connectivity index (χ2v) is 5.21. The van der Waals surface area contributed by atoms with Gasteiger partial charge in [0.15, 0.2) is 0 Å². The zero-order chi connectivity index (χ0) is 15.2. The van der Waals surface area contributed by atoms with Gasteiger partial charge < -0.3 is 4.74 Å². The van der Waals surface area contributed by atoms with E-state index in [1.165, 1.54) is 23.5 Å². The monoisotopic (exact) mass is 290 g/mol. The summed E-state index contributed by atoms with van der Waals surface area (Å²) in [5.41, 5.74) is 0.180. The number of amides is 1. The van der Waals surface area contributed by atoms with Gasteiger partial charge in [-0.3, -0.25) is 4.90 Å². The first kappa shape index (κ1) is 15.3. The summed E-state index contributed by atoms with van der Waals surface area (Å²) in [5, 5.41) is 9.04. The van der Waals surface area contributed by atoms with Crippen molar-refractivity contribution in [2.75, 3.05) is 11.4 Å². The maximum Gasteiger partial charge on any atom is 0.414 e. The summed E-state index contributed by atoms with van der Waals surface area (Å²) in [6.07, 6.45) is 4.58. The number of nitrogens with zero attached hydrogens (tertiary/aromatic N) is 2. The molecule has 1 amide bonds. The number of hydrogen-bond donors (Lipinski definition) is 0. The predicted molar refractivity (Wildman–Crippen MR) is 77.5 cm³/mol. The summed E-state index contributed by atoms with van der Waals surface area (Å²) in [6, 6.07) is 6.09. The quantitative estimate of drug-likeness (QED) is 0.744. The van der Waals surface area contributed by atoms with Crippen molar-refractivity contribution in [3.05, 3.63) is 29.6 Å². The van der Waals surface area contributed by atoms with Gasteiger partial charge in [0.05, 0.1) is 12.2 Å². The van der Waals surface area contributed by atoms with Crippen LogP contribution < -0.4 is 4.90 Å². The van der Waals surface area contributed by atoms with E-state index in [0.717, 1.165) is 25.7 Å². The van der Waals surface area contributed by atoms with Crippen LogP contribution in [0, 0.1) is 17.1 Å². The Hall–Kier alpha value is -2.09. The Morgan fingerprint density at radius 3 is 2.95 bits per heavy atom. The van der Waals surface area contributed by atoms with Crippen molar-refractivity contribution >= 4 is 11.8 Å². The lowest BCUT2D eigenvalue weighted by molar-refractivity contribution is 0.135. The number of carbonyl (C=O) groups excluding carboxylic acids is 1. The van der Waals surface area contributed by atoms with Gasteiger partial charge in [-0.05, 0) is 25.0 Å². The van der Waals surface area contributed by atoms with Gasteiger partial charge in [-0.2, -0.15) is 5.26 Å². The molecule has 4 nitrogen and oxygen atoms in total. The van der Waals surface area contributed by atoms with Crippen molar-refractivity contribution in [3.8, 4) is 6.07 Å². The molecule has 0 saturated carbocycles. The lowest BCUT2D eigenvalue weighted by atomic mass is 10.1. The smallest absolute Gasteiger partial charge is 0.414 e. The number of unbranched alkanes of at least 4 members (excludes halogenated alkanes) is 3. The van der Waals surface area contributed by atoms with Gasteiger partial charge >= 0.3 is 6.09 Å². The summed E-state index contributed by atoms with van der Waals surface area (Å²) in [6.45, 7) is 2.52. The van der Waals surface area contributed by atoms with E-state index < -0.39 is 11.9 Å². The average molecular weight is 290 g/mol. The average Bonchev–Trinajstić information content (AvgIpc) is 2.84. The molecule has 0 radical (unpaired) electrons. The van der Waals surface area contributed by atoms with E-state index >= 15 is 0 Å². The fourth-order valence-corrected chi connectivity index (χ4v) is 2.52. The number of cyclic esters (lactones) is 1. The highest BCUT2D eigenvalue weighted by atomic mass is 19.1. The summed E-state index contributed by atoms with van der Waals surface area (Å²) < 4.78 is 18.9. The lowest BCUT2D eigenvalue weighted by Gasteiger charge is -2.14. The van der Waals surface area contributed by atoms with E-state index in [2.05, 4.69) is 6.92 Å². The summed E-state index contributed by atoms with van der Waals surface area (Å²) in [4.78, 5) is 13.3. The first-order valence-corrected chi connectivity index (χ1v) is 7.34. The highest BCUT2D eigenvalue weighted by Crippen LogP contribution is 2.28. The molecule has 1 aromatic carbocycles. The number of anilines is 1. The van der Waals surface area contributed by atoms with Crippen LogP contribution in [0.1, 0.15) is 44.6 Å². The van der Waals surface area contributed by atoms with Crippen molar-refractivity contribution in [1.82, 2.24) is 0 Å². The minimum Gasteiger partial charge on any atom is -0.444 e. The molecule has 1 unspecified atom stereocenters. The molecule has 1 fully saturated rings. The Bertz CT molecular complexity index is 554. The molecule has 5 heteroatoms. The maximum atomic E-state index is 13.6.